The smallest absolute Gasteiger partial charge is 0.387 e. The van der Waals surface area contributed by atoms with Gasteiger partial charge in [-0.1, -0.05) is 6.92 Å². The zero-order valence-electron chi connectivity index (χ0n) is 17.5. The number of carbonyl (C=O) groups excluding carboxylic acids is 1. The highest BCUT2D eigenvalue weighted by Gasteiger charge is 2.47. The summed E-state index contributed by atoms with van der Waals surface area (Å²) in [4.78, 5) is 59.5. The van der Waals surface area contributed by atoms with Crippen molar-refractivity contribution in [1.29, 1.82) is 0 Å². The summed E-state index contributed by atoms with van der Waals surface area (Å²) in [7, 11) is -16.8. The minimum atomic E-state index is -5.73. The van der Waals surface area contributed by atoms with Crippen molar-refractivity contribution in [3.05, 3.63) is 12.7 Å². The summed E-state index contributed by atoms with van der Waals surface area (Å²) >= 11 is 0. The highest BCUT2D eigenvalue weighted by Crippen LogP contribution is 2.66. The third-order valence-corrected chi connectivity index (χ3v) is 8.17. The highest BCUT2D eigenvalue weighted by molar-refractivity contribution is 7.66. The molecule has 1 amide bonds. The highest BCUT2D eigenvalue weighted by atomic mass is 31.3. The third-order valence-electron chi connectivity index (χ3n) is 4.37. The Hall–Kier alpha value is -1.69. The summed E-state index contributed by atoms with van der Waals surface area (Å²) in [5.41, 5.74) is 0.229. The molecular weight excluding hydrogens is 543 g/mol. The second-order valence-electron chi connectivity index (χ2n) is 6.88. The Morgan fingerprint density at radius 3 is 2.40 bits per heavy atom. The second kappa shape index (κ2) is 10.4. The number of imidazole rings is 1. The molecule has 0 aromatic carbocycles. The van der Waals surface area contributed by atoms with Gasteiger partial charge < -0.3 is 39.8 Å². The van der Waals surface area contributed by atoms with Gasteiger partial charge in [-0.05, 0) is 0 Å². The maximum atomic E-state index is 11.9. The van der Waals surface area contributed by atoms with Crippen LogP contribution in [0.2, 0.25) is 0 Å². The summed E-state index contributed by atoms with van der Waals surface area (Å²) in [5, 5.41) is 23.2. The maximum absolute atomic E-state index is 11.9. The second-order valence-corrected chi connectivity index (χ2v) is 11.3. The standard InChI is InChI=1S/C13H20N5O14P3/c1-2-7(19)17-11-8-12(15-4-14-11)18(5-16-8)13-10(21)9(20)6(30-13)3-29-34(25,26)32-35(27,28)31-33(22,23)24/h4-6,9-10,13,20-21H,2-3H2,1H3,(H,25,26)(H,27,28)(H2,22,23,24)(H,14,15,17,19)/t6-,9-,10-,13-/m1/s1. The van der Waals surface area contributed by atoms with Gasteiger partial charge in [0.25, 0.3) is 0 Å². The number of hydrogen-bond donors (Lipinski definition) is 7. The van der Waals surface area contributed by atoms with E-state index in [0.29, 0.717) is 0 Å². The van der Waals surface area contributed by atoms with Crippen LogP contribution in [0.4, 0.5) is 5.82 Å². The van der Waals surface area contributed by atoms with E-state index in [1.165, 1.54) is 10.9 Å². The molecule has 1 aliphatic heterocycles. The molecule has 1 aliphatic rings. The number of rotatable bonds is 10. The summed E-state index contributed by atoms with van der Waals surface area (Å²) < 4.78 is 52.2. The Labute approximate surface area is 195 Å². The number of anilines is 1. The number of nitrogens with zero attached hydrogens (tertiary/aromatic N) is 4. The third kappa shape index (κ3) is 6.96. The Morgan fingerprint density at radius 2 is 1.77 bits per heavy atom. The van der Waals surface area contributed by atoms with E-state index in [0.717, 1.165) is 6.33 Å². The molecule has 2 unspecified atom stereocenters. The number of hydrogen-bond acceptors (Lipinski definition) is 13. The van der Waals surface area contributed by atoms with Crippen LogP contribution in [-0.2, 0) is 36.4 Å². The van der Waals surface area contributed by atoms with Crippen molar-refractivity contribution in [2.75, 3.05) is 11.9 Å². The van der Waals surface area contributed by atoms with Crippen molar-refractivity contribution in [2.24, 2.45) is 0 Å². The fraction of sp³-hybridized carbons (Fsp3) is 0.538. The van der Waals surface area contributed by atoms with Crippen LogP contribution in [0, 0.1) is 0 Å². The first-order valence-corrected chi connectivity index (χ1v) is 13.9. The van der Waals surface area contributed by atoms with Gasteiger partial charge in [-0.3, -0.25) is 13.9 Å². The minimum Gasteiger partial charge on any atom is -0.387 e. The van der Waals surface area contributed by atoms with Crippen LogP contribution in [0.3, 0.4) is 0 Å². The SMILES string of the molecule is CCC(=O)Nc1ncnc2c1ncn2[C@@H]1O[C@H](COP(=O)(O)OP(=O)(O)OP(=O)(O)O)[C@@H](O)[C@H]1O. The molecule has 0 aliphatic carbocycles. The molecule has 22 heteroatoms. The molecule has 7 N–H and O–H groups in total. The summed E-state index contributed by atoms with van der Waals surface area (Å²) in [6.07, 6.45) is -3.77. The number of amides is 1. The van der Waals surface area contributed by atoms with Gasteiger partial charge >= 0.3 is 23.5 Å². The van der Waals surface area contributed by atoms with E-state index in [4.69, 9.17) is 19.4 Å². The lowest BCUT2D eigenvalue weighted by Crippen LogP contribution is -2.33. The lowest BCUT2D eigenvalue weighted by atomic mass is 10.1. The van der Waals surface area contributed by atoms with Crippen molar-refractivity contribution in [1.82, 2.24) is 19.5 Å². The van der Waals surface area contributed by atoms with Crippen molar-refractivity contribution in [3.8, 4) is 0 Å². The fourth-order valence-corrected chi connectivity index (χ4v) is 5.95. The van der Waals surface area contributed by atoms with E-state index in [1.807, 2.05) is 0 Å². The van der Waals surface area contributed by atoms with Gasteiger partial charge in [0, 0.05) is 6.42 Å². The number of ether oxygens (including phenoxy) is 1. The van der Waals surface area contributed by atoms with E-state index < -0.39 is 54.6 Å². The van der Waals surface area contributed by atoms with Crippen molar-refractivity contribution >= 4 is 46.4 Å². The Bertz CT molecular complexity index is 1230. The number of aliphatic hydroxyl groups is 2. The zero-order valence-corrected chi connectivity index (χ0v) is 20.1. The normalized spacial score (nSPS) is 26.4. The monoisotopic (exact) mass is 563 g/mol. The first-order valence-electron chi connectivity index (χ1n) is 9.40. The Kier molecular flexibility index (Phi) is 8.25. The molecule has 6 atom stereocenters. The molecular formula is C13H20N5O14P3. The average molecular weight is 563 g/mol. The van der Waals surface area contributed by atoms with Crippen LogP contribution >= 0.6 is 23.5 Å². The fourth-order valence-electron chi connectivity index (χ4n) is 2.92. The molecule has 0 bridgehead atoms. The Morgan fingerprint density at radius 1 is 1.09 bits per heavy atom. The van der Waals surface area contributed by atoms with Gasteiger partial charge in [-0.2, -0.15) is 8.62 Å². The summed E-state index contributed by atoms with van der Waals surface area (Å²) in [6, 6.07) is 0. The maximum Gasteiger partial charge on any atom is 0.490 e. The van der Waals surface area contributed by atoms with E-state index in [9.17, 15) is 33.6 Å². The molecule has 3 rings (SSSR count). The van der Waals surface area contributed by atoms with Gasteiger partial charge in [0.1, 0.15) is 24.6 Å². The average Bonchev–Trinajstić information content (AvgIpc) is 3.26. The number of nitrogens with one attached hydrogen (secondary N) is 1. The molecule has 0 spiro atoms. The number of aromatic nitrogens is 4. The van der Waals surface area contributed by atoms with Gasteiger partial charge in [0.15, 0.2) is 23.2 Å². The molecule has 1 saturated heterocycles. The topological polar surface area (TPSA) is 282 Å². The summed E-state index contributed by atoms with van der Waals surface area (Å²) in [6.45, 7) is 0.636. The van der Waals surface area contributed by atoms with Gasteiger partial charge in [-0.25, -0.2) is 28.6 Å². The quantitative estimate of drug-likeness (QED) is 0.173. The van der Waals surface area contributed by atoms with Crippen LogP contribution in [0.1, 0.15) is 19.6 Å². The predicted octanol–water partition coefficient (Wildman–Crippen LogP) is -0.863. The van der Waals surface area contributed by atoms with Gasteiger partial charge in [0.05, 0.1) is 12.9 Å². The lowest BCUT2D eigenvalue weighted by Gasteiger charge is -2.19. The molecule has 2 aromatic heterocycles. The van der Waals surface area contributed by atoms with Crippen LogP contribution in [0.15, 0.2) is 12.7 Å². The van der Waals surface area contributed by atoms with Crippen LogP contribution in [0.5, 0.6) is 0 Å². The van der Waals surface area contributed by atoms with Crippen molar-refractivity contribution in [3.63, 3.8) is 0 Å². The number of phosphoric ester groups is 1. The van der Waals surface area contributed by atoms with Gasteiger partial charge in [0.2, 0.25) is 5.91 Å². The minimum absolute atomic E-state index is 0.0813. The molecule has 0 saturated carbocycles. The summed E-state index contributed by atoms with van der Waals surface area (Å²) in [5.74, 6) is -0.267. The first kappa shape index (κ1) is 27.9. The molecule has 19 nitrogen and oxygen atoms in total. The van der Waals surface area contributed by atoms with Crippen molar-refractivity contribution < 1.29 is 66.2 Å². The van der Waals surface area contributed by atoms with E-state index in [1.54, 1.807) is 6.92 Å². The van der Waals surface area contributed by atoms with E-state index in [-0.39, 0.29) is 29.3 Å². The lowest BCUT2D eigenvalue weighted by molar-refractivity contribution is -0.115. The number of phosphoric acid groups is 3. The van der Waals surface area contributed by atoms with Crippen LogP contribution in [0.25, 0.3) is 11.2 Å². The van der Waals surface area contributed by atoms with Crippen LogP contribution < -0.4 is 5.32 Å². The largest absolute Gasteiger partial charge is 0.490 e. The Balaban J connectivity index is 1.72. The number of aliphatic hydroxyl groups excluding tert-OH is 2. The predicted molar refractivity (Wildman–Crippen MR) is 110 cm³/mol. The number of fused-ring (bicyclic) bond motifs is 1. The molecule has 0 radical (unpaired) electrons. The molecule has 1 fully saturated rings. The molecule has 196 valence electrons. The molecule has 35 heavy (non-hydrogen) atoms. The molecule has 2 aromatic rings. The zero-order chi connectivity index (χ0) is 26.2. The van der Waals surface area contributed by atoms with E-state index >= 15 is 0 Å². The first-order chi connectivity index (χ1) is 16.1. The van der Waals surface area contributed by atoms with Crippen LogP contribution in [-0.4, -0.2) is 80.1 Å². The number of carbonyl (C=O) groups is 1. The van der Waals surface area contributed by atoms with E-state index in [2.05, 4.69) is 33.4 Å². The molecule has 3 heterocycles. The van der Waals surface area contributed by atoms with Crippen molar-refractivity contribution in [2.45, 2.75) is 37.9 Å². The van der Waals surface area contributed by atoms with Gasteiger partial charge in [-0.15, -0.1) is 0 Å².